The predicted molar refractivity (Wildman–Crippen MR) is 136 cm³/mol. The molecule has 0 bridgehead atoms. The number of imidazole rings is 1. The zero-order valence-electron chi connectivity index (χ0n) is 21.5. The summed E-state index contributed by atoms with van der Waals surface area (Å²) in [6.07, 6.45) is 3.96. The molecule has 0 aromatic carbocycles. The molecule has 36 heavy (non-hydrogen) atoms. The predicted octanol–water partition coefficient (Wildman–Crippen LogP) is 2.29. The van der Waals surface area contributed by atoms with Crippen LogP contribution in [-0.4, -0.2) is 63.8 Å². The summed E-state index contributed by atoms with van der Waals surface area (Å²) in [5.41, 5.74) is 3.74. The monoisotopic (exact) mass is 488 g/mol. The molecule has 0 amide bonds. The van der Waals surface area contributed by atoms with Gasteiger partial charge in [-0.05, 0) is 38.8 Å². The number of hydrogen-bond acceptors (Lipinski definition) is 8. The summed E-state index contributed by atoms with van der Waals surface area (Å²) in [5.74, 6) is 0.545. The standard InChI is InChI=1S/C25H32N10O/c1-6-19-15-33(24-28-25(36)31(5)23-12-18(10-11-26)29-35(23)24)20(7-2)14-32(19)17(4)21-8-9-22-27-16(3)13-34(22)30-21/h8-9,12-13,17,19-20H,6-7,10,14-15H2,1-5H3/t17-,19-,20+/m1/s1. The Morgan fingerprint density at radius 2 is 1.92 bits per heavy atom. The third kappa shape index (κ3) is 4.01. The van der Waals surface area contributed by atoms with Gasteiger partial charge in [-0.2, -0.15) is 25.0 Å². The van der Waals surface area contributed by atoms with E-state index in [9.17, 15) is 4.79 Å². The van der Waals surface area contributed by atoms with E-state index in [0.29, 0.717) is 23.8 Å². The van der Waals surface area contributed by atoms with Crippen LogP contribution < -0.4 is 10.6 Å². The zero-order chi connectivity index (χ0) is 25.6. The van der Waals surface area contributed by atoms with Crippen LogP contribution in [0.4, 0.5) is 5.95 Å². The van der Waals surface area contributed by atoms with Crippen molar-refractivity contribution in [1.82, 2.24) is 38.7 Å². The first-order valence-electron chi connectivity index (χ1n) is 12.5. The molecule has 0 aliphatic carbocycles. The van der Waals surface area contributed by atoms with Crippen molar-refractivity contribution in [3.63, 3.8) is 0 Å². The molecule has 3 atom stereocenters. The van der Waals surface area contributed by atoms with E-state index in [1.165, 1.54) is 4.57 Å². The van der Waals surface area contributed by atoms with Gasteiger partial charge in [-0.15, -0.1) is 0 Å². The Morgan fingerprint density at radius 3 is 2.64 bits per heavy atom. The zero-order valence-corrected chi connectivity index (χ0v) is 21.5. The molecule has 1 aliphatic rings. The third-order valence-electron chi connectivity index (χ3n) is 7.34. The Hall–Kier alpha value is -3.78. The molecule has 11 nitrogen and oxygen atoms in total. The van der Waals surface area contributed by atoms with Gasteiger partial charge in [0.1, 0.15) is 5.65 Å². The maximum absolute atomic E-state index is 12.8. The van der Waals surface area contributed by atoms with Gasteiger partial charge in [0.2, 0.25) is 5.95 Å². The summed E-state index contributed by atoms with van der Waals surface area (Å²) in [5, 5.41) is 18.6. The molecule has 1 fully saturated rings. The highest BCUT2D eigenvalue weighted by Crippen LogP contribution is 2.31. The van der Waals surface area contributed by atoms with Crippen LogP contribution in [0.3, 0.4) is 0 Å². The van der Waals surface area contributed by atoms with Gasteiger partial charge < -0.3 is 4.90 Å². The number of fused-ring (bicyclic) bond motifs is 2. The summed E-state index contributed by atoms with van der Waals surface area (Å²) < 4.78 is 5.06. The highest BCUT2D eigenvalue weighted by atomic mass is 16.1. The van der Waals surface area contributed by atoms with Crippen LogP contribution in [0.2, 0.25) is 0 Å². The lowest BCUT2D eigenvalue weighted by Gasteiger charge is -2.48. The molecule has 0 spiro atoms. The maximum Gasteiger partial charge on any atom is 0.352 e. The number of aryl methyl sites for hydroxylation is 2. The van der Waals surface area contributed by atoms with Crippen molar-refractivity contribution in [2.24, 2.45) is 7.05 Å². The van der Waals surface area contributed by atoms with Crippen molar-refractivity contribution < 1.29 is 0 Å². The molecule has 0 N–H and O–H groups in total. The molecular weight excluding hydrogens is 456 g/mol. The minimum Gasteiger partial charge on any atom is -0.335 e. The first-order valence-corrected chi connectivity index (χ1v) is 12.5. The van der Waals surface area contributed by atoms with Crippen molar-refractivity contribution in [3.05, 3.63) is 52.0 Å². The second kappa shape index (κ2) is 9.35. The molecule has 0 saturated carbocycles. The average Bonchev–Trinajstić information content (AvgIpc) is 3.47. The van der Waals surface area contributed by atoms with Crippen LogP contribution in [0, 0.1) is 18.3 Å². The summed E-state index contributed by atoms with van der Waals surface area (Å²) in [6, 6.07) is 8.52. The number of rotatable bonds is 6. The molecule has 1 saturated heterocycles. The minimum absolute atomic E-state index is 0.113. The summed E-state index contributed by atoms with van der Waals surface area (Å²) in [6.45, 7) is 10.1. The first kappa shape index (κ1) is 23.9. The summed E-state index contributed by atoms with van der Waals surface area (Å²) in [4.78, 5) is 26.5. The number of nitriles is 1. The molecule has 1 aliphatic heterocycles. The third-order valence-corrected chi connectivity index (χ3v) is 7.34. The lowest BCUT2D eigenvalue weighted by Crippen LogP contribution is -2.59. The second-order valence-electron chi connectivity index (χ2n) is 9.59. The van der Waals surface area contributed by atoms with Gasteiger partial charge in [-0.3, -0.25) is 9.47 Å². The first-order chi connectivity index (χ1) is 17.3. The van der Waals surface area contributed by atoms with Crippen LogP contribution >= 0.6 is 0 Å². The molecule has 0 unspecified atom stereocenters. The van der Waals surface area contributed by atoms with Crippen LogP contribution in [0.25, 0.3) is 11.3 Å². The molecule has 188 valence electrons. The largest absolute Gasteiger partial charge is 0.352 e. The summed E-state index contributed by atoms with van der Waals surface area (Å²) in [7, 11) is 1.68. The number of aromatic nitrogens is 7. The Balaban J connectivity index is 1.50. The molecule has 4 aromatic heterocycles. The lowest BCUT2D eigenvalue weighted by molar-refractivity contribution is 0.0973. The van der Waals surface area contributed by atoms with Crippen molar-refractivity contribution in [1.29, 1.82) is 5.26 Å². The molecular formula is C25H32N10O. The van der Waals surface area contributed by atoms with E-state index in [1.54, 1.807) is 17.6 Å². The fraction of sp³-hybridized carbons (Fsp3) is 0.520. The van der Waals surface area contributed by atoms with E-state index in [2.05, 4.69) is 57.8 Å². The second-order valence-corrected chi connectivity index (χ2v) is 9.59. The highest BCUT2D eigenvalue weighted by molar-refractivity contribution is 5.48. The SMILES string of the molecule is CC[C@H]1CN([C@H](C)c2ccc3nc(C)cn3n2)[C@H](CC)CN1c1nc(=O)n(C)c2cc(CC#N)nn12. The topological polar surface area (TPSA) is 113 Å². The number of piperazine rings is 1. The van der Waals surface area contributed by atoms with Gasteiger partial charge in [0.25, 0.3) is 0 Å². The number of hydrogen-bond donors (Lipinski definition) is 0. The molecule has 5 heterocycles. The maximum atomic E-state index is 12.8. The van der Waals surface area contributed by atoms with Gasteiger partial charge in [-0.25, -0.2) is 14.3 Å². The average molecular weight is 489 g/mol. The normalized spacial score (nSPS) is 19.7. The van der Waals surface area contributed by atoms with Gasteiger partial charge in [0.05, 0.1) is 41.8 Å². The van der Waals surface area contributed by atoms with Crippen molar-refractivity contribution in [2.45, 2.75) is 65.1 Å². The molecule has 4 aromatic rings. The van der Waals surface area contributed by atoms with Crippen molar-refractivity contribution in [3.8, 4) is 6.07 Å². The van der Waals surface area contributed by atoms with Crippen molar-refractivity contribution >= 4 is 17.2 Å². The van der Waals surface area contributed by atoms with Crippen LogP contribution in [0.15, 0.2) is 29.2 Å². The highest BCUT2D eigenvalue weighted by Gasteiger charge is 2.37. The van der Waals surface area contributed by atoms with Gasteiger partial charge in [-0.1, -0.05) is 13.8 Å². The van der Waals surface area contributed by atoms with Crippen LogP contribution in [-0.2, 0) is 13.5 Å². The molecule has 5 rings (SSSR count). The summed E-state index contributed by atoms with van der Waals surface area (Å²) >= 11 is 0. The smallest absolute Gasteiger partial charge is 0.335 e. The lowest BCUT2D eigenvalue weighted by atomic mass is 9.99. The fourth-order valence-corrected chi connectivity index (χ4v) is 5.28. The quantitative estimate of drug-likeness (QED) is 0.406. The Labute approximate surface area is 209 Å². The Morgan fingerprint density at radius 1 is 1.14 bits per heavy atom. The number of nitrogens with zero attached hydrogens (tertiary/aromatic N) is 10. The fourth-order valence-electron chi connectivity index (χ4n) is 5.28. The Bertz CT molecular complexity index is 1510. The van der Waals surface area contributed by atoms with Gasteiger partial charge in [0.15, 0.2) is 5.65 Å². The molecule has 0 radical (unpaired) electrons. The van der Waals surface area contributed by atoms with E-state index in [0.717, 1.165) is 36.4 Å². The van der Waals surface area contributed by atoms with E-state index < -0.39 is 0 Å². The van der Waals surface area contributed by atoms with Crippen molar-refractivity contribution in [2.75, 3.05) is 18.0 Å². The van der Waals surface area contributed by atoms with E-state index in [4.69, 9.17) is 10.4 Å². The van der Waals surface area contributed by atoms with E-state index >= 15 is 0 Å². The Kier molecular flexibility index (Phi) is 6.22. The van der Waals surface area contributed by atoms with Gasteiger partial charge in [0, 0.05) is 38.3 Å². The van der Waals surface area contributed by atoms with Gasteiger partial charge >= 0.3 is 5.69 Å². The minimum atomic E-state index is -0.326. The van der Waals surface area contributed by atoms with Crippen LogP contribution in [0.1, 0.15) is 56.7 Å². The van der Waals surface area contributed by atoms with Crippen LogP contribution in [0.5, 0.6) is 0 Å². The van der Waals surface area contributed by atoms with E-state index in [1.807, 2.05) is 23.7 Å². The molecule has 11 heteroatoms. The van der Waals surface area contributed by atoms with E-state index in [-0.39, 0.29) is 30.2 Å². The number of anilines is 1.